The van der Waals surface area contributed by atoms with E-state index in [1.807, 2.05) is 24.4 Å². The SMILES string of the molecule is CCn1ncc(N)c1C(=O)NCc1cccs1. The average molecular weight is 250 g/mol. The molecule has 6 heteroatoms. The van der Waals surface area contributed by atoms with Crippen LogP contribution < -0.4 is 11.1 Å². The maximum atomic E-state index is 12.0. The van der Waals surface area contributed by atoms with Crippen molar-refractivity contribution in [3.63, 3.8) is 0 Å². The van der Waals surface area contributed by atoms with E-state index in [2.05, 4.69) is 10.4 Å². The first kappa shape index (κ1) is 11.7. The van der Waals surface area contributed by atoms with Crippen LogP contribution in [0.3, 0.4) is 0 Å². The second kappa shape index (κ2) is 5.01. The molecule has 5 nitrogen and oxygen atoms in total. The number of nitrogen functional groups attached to an aromatic ring is 1. The standard InChI is InChI=1S/C11H14N4OS/c1-2-15-10(9(12)7-14-15)11(16)13-6-8-4-3-5-17-8/h3-5,7H,2,6,12H2,1H3,(H,13,16). The summed E-state index contributed by atoms with van der Waals surface area (Å²) in [5, 5.41) is 8.85. The van der Waals surface area contributed by atoms with E-state index in [0.29, 0.717) is 24.5 Å². The van der Waals surface area contributed by atoms with Gasteiger partial charge in [-0.15, -0.1) is 11.3 Å². The molecular formula is C11H14N4OS. The predicted octanol–water partition coefficient (Wildman–Crippen LogP) is 1.48. The summed E-state index contributed by atoms with van der Waals surface area (Å²) in [6.07, 6.45) is 1.50. The van der Waals surface area contributed by atoms with Crippen molar-refractivity contribution in [1.29, 1.82) is 0 Å². The fraction of sp³-hybridized carbons (Fsp3) is 0.273. The molecule has 17 heavy (non-hydrogen) atoms. The van der Waals surface area contributed by atoms with E-state index in [-0.39, 0.29) is 5.91 Å². The Morgan fingerprint density at radius 3 is 3.12 bits per heavy atom. The third-order valence-corrected chi connectivity index (χ3v) is 3.26. The van der Waals surface area contributed by atoms with Crippen LogP contribution in [-0.4, -0.2) is 15.7 Å². The highest BCUT2D eigenvalue weighted by molar-refractivity contribution is 7.09. The van der Waals surface area contributed by atoms with Crippen LogP contribution in [-0.2, 0) is 13.1 Å². The van der Waals surface area contributed by atoms with Crippen molar-refractivity contribution in [2.45, 2.75) is 20.0 Å². The summed E-state index contributed by atoms with van der Waals surface area (Å²) in [6, 6.07) is 3.93. The molecule has 0 fully saturated rings. The maximum absolute atomic E-state index is 12.0. The van der Waals surface area contributed by atoms with E-state index >= 15 is 0 Å². The largest absolute Gasteiger partial charge is 0.396 e. The van der Waals surface area contributed by atoms with E-state index in [9.17, 15) is 4.79 Å². The van der Waals surface area contributed by atoms with Crippen LogP contribution in [0.5, 0.6) is 0 Å². The molecule has 0 radical (unpaired) electrons. The van der Waals surface area contributed by atoms with Gasteiger partial charge in [0.2, 0.25) is 0 Å². The number of anilines is 1. The van der Waals surface area contributed by atoms with E-state index < -0.39 is 0 Å². The summed E-state index contributed by atoms with van der Waals surface area (Å²) in [5.41, 5.74) is 6.57. The topological polar surface area (TPSA) is 72.9 Å². The van der Waals surface area contributed by atoms with Crippen molar-refractivity contribution in [2.24, 2.45) is 0 Å². The number of thiophene rings is 1. The Hall–Kier alpha value is -1.82. The molecular weight excluding hydrogens is 236 g/mol. The highest BCUT2D eigenvalue weighted by Crippen LogP contribution is 2.12. The average Bonchev–Trinajstić information content (AvgIpc) is 2.94. The number of hydrogen-bond donors (Lipinski definition) is 2. The number of amides is 1. The number of hydrogen-bond acceptors (Lipinski definition) is 4. The molecule has 0 aromatic carbocycles. The third-order valence-electron chi connectivity index (χ3n) is 2.39. The van der Waals surface area contributed by atoms with Crippen molar-refractivity contribution in [3.8, 4) is 0 Å². The van der Waals surface area contributed by atoms with Crippen molar-refractivity contribution in [2.75, 3.05) is 5.73 Å². The van der Waals surface area contributed by atoms with Gasteiger partial charge in [-0.25, -0.2) is 0 Å². The number of carbonyl (C=O) groups excluding carboxylic acids is 1. The molecule has 2 rings (SSSR count). The van der Waals surface area contributed by atoms with E-state index in [0.717, 1.165) is 4.88 Å². The molecule has 1 amide bonds. The number of rotatable bonds is 4. The maximum Gasteiger partial charge on any atom is 0.271 e. The number of nitrogens with one attached hydrogen (secondary N) is 1. The van der Waals surface area contributed by atoms with Gasteiger partial charge in [0.1, 0.15) is 5.69 Å². The Balaban J connectivity index is 2.06. The van der Waals surface area contributed by atoms with E-state index in [1.54, 1.807) is 16.0 Å². The first-order chi connectivity index (χ1) is 8.22. The third kappa shape index (κ3) is 2.47. The van der Waals surface area contributed by atoms with Gasteiger partial charge in [-0.05, 0) is 18.4 Å². The minimum Gasteiger partial charge on any atom is -0.396 e. The molecule has 3 N–H and O–H groups in total. The number of carbonyl (C=O) groups is 1. The van der Waals surface area contributed by atoms with E-state index in [4.69, 9.17) is 5.73 Å². The second-order valence-electron chi connectivity index (χ2n) is 3.53. The lowest BCUT2D eigenvalue weighted by Gasteiger charge is -2.06. The molecule has 0 bridgehead atoms. The summed E-state index contributed by atoms with van der Waals surface area (Å²) in [4.78, 5) is 13.1. The number of nitrogens with two attached hydrogens (primary N) is 1. The summed E-state index contributed by atoms with van der Waals surface area (Å²) in [7, 11) is 0. The molecule has 0 unspecified atom stereocenters. The Bertz CT molecular complexity index is 504. The van der Waals surface area contributed by atoms with Crippen LogP contribution in [0.25, 0.3) is 0 Å². The molecule has 0 atom stereocenters. The van der Waals surface area contributed by atoms with Crippen LogP contribution in [0.15, 0.2) is 23.7 Å². The van der Waals surface area contributed by atoms with Gasteiger partial charge in [0.25, 0.3) is 5.91 Å². The van der Waals surface area contributed by atoms with Crippen molar-refractivity contribution in [3.05, 3.63) is 34.3 Å². The number of aryl methyl sites for hydroxylation is 1. The van der Waals surface area contributed by atoms with Crippen molar-refractivity contribution >= 4 is 22.9 Å². The van der Waals surface area contributed by atoms with Gasteiger partial charge in [0.05, 0.1) is 18.4 Å². The molecule has 0 saturated heterocycles. The monoisotopic (exact) mass is 250 g/mol. The normalized spacial score (nSPS) is 10.4. The molecule has 0 spiro atoms. The Labute approximate surface area is 103 Å². The van der Waals surface area contributed by atoms with Crippen LogP contribution >= 0.6 is 11.3 Å². The number of aromatic nitrogens is 2. The zero-order chi connectivity index (χ0) is 12.3. The minimum absolute atomic E-state index is 0.185. The molecule has 0 aliphatic heterocycles. The fourth-order valence-electron chi connectivity index (χ4n) is 1.55. The smallest absolute Gasteiger partial charge is 0.271 e. The van der Waals surface area contributed by atoms with Crippen molar-refractivity contribution < 1.29 is 4.79 Å². The van der Waals surface area contributed by atoms with E-state index in [1.165, 1.54) is 6.20 Å². The van der Waals surface area contributed by atoms with Gasteiger partial charge in [0.15, 0.2) is 0 Å². The molecule has 0 aliphatic carbocycles. The molecule has 0 aliphatic rings. The summed E-state index contributed by atoms with van der Waals surface area (Å²) < 4.78 is 1.60. The lowest BCUT2D eigenvalue weighted by atomic mass is 10.3. The second-order valence-corrected chi connectivity index (χ2v) is 4.56. The zero-order valence-electron chi connectivity index (χ0n) is 9.51. The molecule has 2 heterocycles. The lowest BCUT2D eigenvalue weighted by molar-refractivity contribution is 0.0941. The Morgan fingerprint density at radius 2 is 2.47 bits per heavy atom. The first-order valence-corrected chi connectivity index (χ1v) is 6.22. The molecule has 90 valence electrons. The van der Waals surface area contributed by atoms with Gasteiger partial charge in [-0.1, -0.05) is 6.07 Å². The van der Waals surface area contributed by atoms with Gasteiger partial charge in [-0.3, -0.25) is 9.48 Å². The fourth-order valence-corrected chi connectivity index (χ4v) is 2.20. The summed E-state index contributed by atoms with van der Waals surface area (Å²) in [5.74, 6) is -0.185. The summed E-state index contributed by atoms with van der Waals surface area (Å²) >= 11 is 1.61. The van der Waals surface area contributed by atoms with Crippen LogP contribution in [0.4, 0.5) is 5.69 Å². The van der Waals surface area contributed by atoms with Gasteiger partial charge < -0.3 is 11.1 Å². The van der Waals surface area contributed by atoms with Gasteiger partial charge in [0, 0.05) is 11.4 Å². The quantitative estimate of drug-likeness (QED) is 0.863. The Morgan fingerprint density at radius 1 is 1.65 bits per heavy atom. The highest BCUT2D eigenvalue weighted by atomic mass is 32.1. The molecule has 2 aromatic heterocycles. The number of nitrogens with zero attached hydrogens (tertiary/aromatic N) is 2. The first-order valence-electron chi connectivity index (χ1n) is 5.34. The molecule has 2 aromatic rings. The lowest BCUT2D eigenvalue weighted by Crippen LogP contribution is -2.26. The zero-order valence-corrected chi connectivity index (χ0v) is 10.3. The highest BCUT2D eigenvalue weighted by Gasteiger charge is 2.15. The van der Waals surface area contributed by atoms with Crippen molar-refractivity contribution in [1.82, 2.24) is 15.1 Å². The van der Waals surface area contributed by atoms with Gasteiger partial charge >= 0.3 is 0 Å². The summed E-state index contributed by atoms with van der Waals surface area (Å²) in [6.45, 7) is 3.06. The Kier molecular flexibility index (Phi) is 3.43. The predicted molar refractivity (Wildman–Crippen MR) is 67.8 cm³/mol. The molecule has 0 saturated carbocycles. The van der Waals surface area contributed by atoms with Gasteiger partial charge in [-0.2, -0.15) is 5.10 Å². The van der Waals surface area contributed by atoms with Crippen LogP contribution in [0, 0.1) is 0 Å². The van der Waals surface area contributed by atoms with Crippen LogP contribution in [0.1, 0.15) is 22.3 Å². The van der Waals surface area contributed by atoms with Crippen LogP contribution in [0.2, 0.25) is 0 Å². The minimum atomic E-state index is -0.185.